The van der Waals surface area contributed by atoms with E-state index in [1.165, 1.54) is 18.4 Å². The lowest BCUT2D eigenvalue weighted by Gasteiger charge is -2.13. The van der Waals surface area contributed by atoms with Gasteiger partial charge in [0.05, 0.1) is 35.2 Å². The number of aromatic nitrogens is 1. The number of carbonyl (C=O) groups excluding carboxylic acids is 1. The van der Waals surface area contributed by atoms with Gasteiger partial charge >= 0.3 is 5.97 Å². The second-order valence-corrected chi connectivity index (χ2v) is 7.30. The molecule has 2 aromatic rings. The Morgan fingerprint density at radius 1 is 1.38 bits per heavy atom. The predicted octanol–water partition coefficient (Wildman–Crippen LogP) is 5.03. The number of methoxy groups -OCH3 is 1. The minimum atomic E-state index is -0.407. The minimum absolute atomic E-state index is 0.0344. The average Bonchev–Trinajstić information content (AvgIpc) is 3.00. The Labute approximate surface area is 166 Å². The Hall–Kier alpha value is -1.83. The van der Waals surface area contributed by atoms with Crippen molar-refractivity contribution in [2.45, 2.75) is 33.3 Å². The zero-order valence-electron chi connectivity index (χ0n) is 14.8. The van der Waals surface area contributed by atoms with Crippen LogP contribution in [0.15, 0.2) is 17.2 Å². The molecule has 1 aromatic carbocycles. The van der Waals surface area contributed by atoms with Crippen molar-refractivity contribution in [3.05, 3.63) is 38.3 Å². The van der Waals surface area contributed by atoms with E-state index in [2.05, 4.69) is 15.5 Å². The lowest BCUT2D eigenvalue weighted by atomic mass is 10.2. The number of ether oxygens (including phenoxy) is 2. The summed E-state index contributed by atoms with van der Waals surface area (Å²) in [4.78, 5) is 16.5. The number of nitrogens with zero attached hydrogens (tertiary/aromatic N) is 2. The third kappa shape index (κ3) is 5.09. The molecular formula is C17H19Cl2N3O3S. The van der Waals surface area contributed by atoms with Crippen molar-refractivity contribution in [2.24, 2.45) is 5.10 Å². The monoisotopic (exact) mass is 415 g/mol. The smallest absolute Gasteiger partial charge is 0.350 e. The molecule has 1 aromatic heterocycles. The molecule has 0 radical (unpaired) electrons. The molecule has 0 saturated heterocycles. The van der Waals surface area contributed by atoms with Crippen LogP contribution in [-0.2, 0) is 11.2 Å². The zero-order chi connectivity index (χ0) is 19.3. The number of carbonyl (C=O) groups is 1. The van der Waals surface area contributed by atoms with Crippen LogP contribution in [0.5, 0.6) is 5.75 Å². The summed E-state index contributed by atoms with van der Waals surface area (Å²) in [6, 6.07) is 3.41. The highest BCUT2D eigenvalue weighted by Gasteiger charge is 2.17. The third-order valence-corrected chi connectivity index (χ3v) is 4.69. The summed E-state index contributed by atoms with van der Waals surface area (Å²) in [5.41, 5.74) is 4.17. The number of halogens is 2. The first kappa shape index (κ1) is 20.5. The van der Waals surface area contributed by atoms with E-state index in [1.807, 2.05) is 20.8 Å². The largest absolute Gasteiger partial charge is 0.488 e. The van der Waals surface area contributed by atoms with Crippen LogP contribution in [0, 0.1) is 0 Å². The number of thiazole rings is 1. The highest BCUT2D eigenvalue weighted by molar-refractivity contribution is 7.17. The van der Waals surface area contributed by atoms with Crippen LogP contribution in [0.25, 0.3) is 0 Å². The van der Waals surface area contributed by atoms with E-state index in [1.54, 1.807) is 18.3 Å². The van der Waals surface area contributed by atoms with Gasteiger partial charge in [-0.1, -0.05) is 41.5 Å². The topological polar surface area (TPSA) is 72.8 Å². The molecule has 0 aliphatic rings. The summed E-state index contributed by atoms with van der Waals surface area (Å²) < 4.78 is 10.3. The van der Waals surface area contributed by atoms with Crippen LogP contribution < -0.4 is 10.2 Å². The van der Waals surface area contributed by atoms with Crippen LogP contribution in [0.4, 0.5) is 5.13 Å². The molecule has 26 heavy (non-hydrogen) atoms. The summed E-state index contributed by atoms with van der Waals surface area (Å²) in [6.07, 6.45) is 2.14. The maximum Gasteiger partial charge on any atom is 0.350 e. The molecule has 0 amide bonds. The van der Waals surface area contributed by atoms with Gasteiger partial charge in [0.2, 0.25) is 5.13 Å². The Kier molecular flexibility index (Phi) is 7.25. The van der Waals surface area contributed by atoms with E-state index >= 15 is 0 Å². The molecule has 0 bridgehead atoms. The van der Waals surface area contributed by atoms with E-state index in [4.69, 9.17) is 32.7 Å². The van der Waals surface area contributed by atoms with Crippen LogP contribution >= 0.6 is 34.5 Å². The fourth-order valence-corrected chi connectivity index (χ4v) is 3.57. The molecule has 140 valence electrons. The first-order valence-corrected chi connectivity index (χ1v) is 9.45. The molecule has 0 atom stereocenters. The Morgan fingerprint density at radius 2 is 2.04 bits per heavy atom. The van der Waals surface area contributed by atoms with Crippen molar-refractivity contribution in [1.29, 1.82) is 0 Å². The van der Waals surface area contributed by atoms with Crippen molar-refractivity contribution in [2.75, 3.05) is 12.5 Å². The van der Waals surface area contributed by atoms with Gasteiger partial charge in [-0.3, -0.25) is 5.43 Å². The van der Waals surface area contributed by atoms with Gasteiger partial charge in [0.15, 0.2) is 5.75 Å². The molecule has 0 spiro atoms. The predicted molar refractivity (Wildman–Crippen MR) is 106 cm³/mol. The van der Waals surface area contributed by atoms with Crippen molar-refractivity contribution in [3.63, 3.8) is 0 Å². The van der Waals surface area contributed by atoms with Gasteiger partial charge in [0.25, 0.3) is 0 Å². The number of anilines is 1. The molecule has 9 heteroatoms. The normalized spacial score (nSPS) is 11.2. The molecule has 6 nitrogen and oxygen atoms in total. The summed E-state index contributed by atoms with van der Waals surface area (Å²) in [5, 5.41) is 5.43. The van der Waals surface area contributed by atoms with E-state index in [0.29, 0.717) is 43.5 Å². The van der Waals surface area contributed by atoms with Gasteiger partial charge in [-0.2, -0.15) is 5.10 Å². The molecule has 0 saturated carbocycles. The summed E-state index contributed by atoms with van der Waals surface area (Å²) in [7, 11) is 1.34. The van der Waals surface area contributed by atoms with E-state index in [-0.39, 0.29) is 6.10 Å². The van der Waals surface area contributed by atoms with E-state index < -0.39 is 5.97 Å². The number of esters is 1. The maximum atomic E-state index is 11.7. The summed E-state index contributed by atoms with van der Waals surface area (Å²) in [5.74, 6) is 0.0411. The molecule has 0 unspecified atom stereocenters. The zero-order valence-corrected chi connectivity index (χ0v) is 17.1. The number of benzene rings is 1. The third-order valence-electron chi connectivity index (χ3n) is 3.15. The van der Waals surface area contributed by atoms with Crippen molar-refractivity contribution in [1.82, 2.24) is 4.98 Å². The van der Waals surface area contributed by atoms with E-state index in [0.717, 1.165) is 0 Å². The van der Waals surface area contributed by atoms with Crippen LogP contribution in [0.2, 0.25) is 10.0 Å². The number of hydrogen-bond donors (Lipinski definition) is 1. The average molecular weight is 416 g/mol. The van der Waals surface area contributed by atoms with Crippen molar-refractivity contribution < 1.29 is 14.3 Å². The fourth-order valence-electron chi connectivity index (χ4n) is 2.06. The fraction of sp³-hybridized carbons (Fsp3) is 0.353. The SMILES string of the molecule is CCc1nc(N/N=C\c2cc(Cl)c(OC(C)C)c(Cl)c2)sc1C(=O)OC. The van der Waals surface area contributed by atoms with Crippen molar-refractivity contribution in [3.8, 4) is 5.75 Å². The van der Waals surface area contributed by atoms with Crippen molar-refractivity contribution >= 4 is 51.9 Å². The first-order valence-electron chi connectivity index (χ1n) is 7.88. The van der Waals surface area contributed by atoms with Crippen LogP contribution in [-0.4, -0.2) is 30.4 Å². The van der Waals surface area contributed by atoms with Gasteiger partial charge in [0.1, 0.15) is 4.88 Å². The molecular weight excluding hydrogens is 397 g/mol. The number of hydrazone groups is 1. The molecule has 0 aliphatic heterocycles. The second kappa shape index (κ2) is 9.21. The standard InChI is InChI=1S/C17H19Cl2N3O3S/c1-5-13-15(16(23)24-4)26-17(21-13)22-20-8-10-6-11(18)14(12(19)7-10)25-9(2)3/h6-9H,5H2,1-4H3,(H,21,22)/b20-8-. The second-order valence-electron chi connectivity index (χ2n) is 5.49. The van der Waals surface area contributed by atoms with Crippen LogP contribution in [0.3, 0.4) is 0 Å². The number of rotatable bonds is 7. The van der Waals surface area contributed by atoms with Gasteiger partial charge in [0, 0.05) is 0 Å². The highest BCUT2D eigenvalue weighted by atomic mass is 35.5. The highest BCUT2D eigenvalue weighted by Crippen LogP contribution is 2.34. The summed E-state index contributed by atoms with van der Waals surface area (Å²) in [6.45, 7) is 5.71. The Balaban J connectivity index is 2.14. The van der Waals surface area contributed by atoms with Gasteiger partial charge in [-0.15, -0.1) is 0 Å². The van der Waals surface area contributed by atoms with Crippen LogP contribution in [0.1, 0.15) is 41.7 Å². The van der Waals surface area contributed by atoms with E-state index in [9.17, 15) is 4.79 Å². The summed E-state index contributed by atoms with van der Waals surface area (Å²) >= 11 is 13.6. The molecule has 2 rings (SSSR count). The lowest BCUT2D eigenvalue weighted by molar-refractivity contribution is 0.0605. The maximum absolute atomic E-state index is 11.7. The molecule has 1 N–H and O–H groups in total. The number of hydrogen-bond acceptors (Lipinski definition) is 7. The minimum Gasteiger partial charge on any atom is -0.488 e. The quantitative estimate of drug-likeness (QED) is 0.389. The number of nitrogens with one attached hydrogen (secondary N) is 1. The molecule has 0 aliphatic carbocycles. The van der Waals surface area contributed by atoms with Gasteiger partial charge in [-0.25, -0.2) is 9.78 Å². The lowest BCUT2D eigenvalue weighted by Crippen LogP contribution is -2.06. The molecule has 1 heterocycles. The Bertz CT molecular complexity index is 799. The molecule has 0 fully saturated rings. The van der Waals surface area contributed by atoms with Gasteiger partial charge < -0.3 is 9.47 Å². The Morgan fingerprint density at radius 3 is 2.58 bits per heavy atom. The first-order chi connectivity index (χ1) is 12.3. The van der Waals surface area contributed by atoms with Gasteiger partial charge in [-0.05, 0) is 38.0 Å². The number of aryl methyl sites for hydroxylation is 1.